The SMILES string of the molecule is COc1ccccc1C(=O)NCc1ccnc2ccccc12. The quantitative estimate of drug-likeness (QED) is 0.803. The van der Waals surface area contributed by atoms with Crippen LogP contribution in [0.1, 0.15) is 15.9 Å². The smallest absolute Gasteiger partial charge is 0.255 e. The minimum Gasteiger partial charge on any atom is -0.496 e. The molecular weight excluding hydrogens is 276 g/mol. The molecule has 4 nitrogen and oxygen atoms in total. The minimum absolute atomic E-state index is 0.154. The van der Waals surface area contributed by atoms with Crippen molar-refractivity contribution in [2.24, 2.45) is 0 Å². The molecule has 110 valence electrons. The molecular formula is C18H16N2O2. The number of nitrogens with zero attached hydrogens (tertiary/aromatic N) is 1. The molecule has 0 aliphatic carbocycles. The number of carbonyl (C=O) groups excluding carboxylic acids is 1. The zero-order chi connectivity index (χ0) is 15.4. The largest absolute Gasteiger partial charge is 0.496 e. The van der Waals surface area contributed by atoms with Crippen LogP contribution in [0.2, 0.25) is 0 Å². The summed E-state index contributed by atoms with van der Waals surface area (Å²) in [5.74, 6) is 0.415. The number of nitrogens with one attached hydrogen (secondary N) is 1. The van der Waals surface area contributed by atoms with Crippen molar-refractivity contribution in [3.05, 3.63) is 71.9 Å². The summed E-state index contributed by atoms with van der Waals surface area (Å²) < 4.78 is 5.22. The highest BCUT2D eigenvalue weighted by molar-refractivity contribution is 5.97. The summed E-state index contributed by atoms with van der Waals surface area (Å²) in [4.78, 5) is 16.6. The van der Waals surface area contributed by atoms with Crippen LogP contribution in [0.3, 0.4) is 0 Å². The van der Waals surface area contributed by atoms with Crippen molar-refractivity contribution in [1.29, 1.82) is 0 Å². The molecule has 2 aromatic carbocycles. The fourth-order valence-electron chi connectivity index (χ4n) is 2.41. The van der Waals surface area contributed by atoms with Gasteiger partial charge in [0.05, 0.1) is 18.2 Å². The molecule has 22 heavy (non-hydrogen) atoms. The van der Waals surface area contributed by atoms with Crippen LogP contribution in [-0.2, 0) is 6.54 Å². The maximum Gasteiger partial charge on any atom is 0.255 e. The number of fused-ring (bicyclic) bond motifs is 1. The third kappa shape index (κ3) is 2.76. The Bertz CT molecular complexity index is 810. The highest BCUT2D eigenvalue weighted by Crippen LogP contribution is 2.18. The molecule has 3 rings (SSSR count). The van der Waals surface area contributed by atoms with Crippen LogP contribution in [0.5, 0.6) is 5.75 Å². The number of amides is 1. The number of carbonyl (C=O) groups is 1. The molecule has 0 bridgehead atoms. The zero-order valence-electron chi connectivity index (χ0n) is 12.2. The molecule has 1 amide bonds. The van der Waals surface area contributed by atoms with Crippen molar-refractivity contribution in [3.63, 3.8) is 0 Å². The molecule has 0 aliphatic rings. The highest BCUT2D eigenvalue weighted by atomic mass is 16.5. The Kier molecular flexibility index (Phi) is 4.01. The Balaban J connectivity index is 1.81. The van der Waals surface area contributed by atoms with Crippen molar-refractivity contribution in [3.8, 4) is 5.75 Å². The molecule has 0 radical (unpaired) electrons. The van der Waals surface area contributed by atoms with Crippen LogP contribution in [0.15, 0.2) is 60.8 Å². The molecule has 1 heterocycles. The van der Waals surface area contributed by atoms with Gasteiger partial charge in [-0.25, -0.2) is 0 Å². The van der Waals surface area contributed by atoms with Crippen molar-refractivity contribution in [1.82, 2.24) is 10.3 Å². The van der Waals surface area contributed by atoms with Crippen LogP contribution in [0.25, 0.3) is 10.9 Å². The molecule has 3 aromatic rings. The Morgan fingerprint density at radius 1 is 1.09 bits per heavy atom. The molecule has 0 saturated heterocycles. The van der Waals surface area contributed by atoms with Crippen LogP contribution in [-0.4, -0.2) is 18.0 Å². The van der Waals surface area contributed by atoms with Crippen molar-refractivity contribution >= 4 is 16.8 Å². The number of para-hydroxylation sites is 2. The van der Waals surface area contributed by atoms with E-state index in [0.29, 0.717) is 17.9 Å². The average Bonchev–Trinajstić information content (AvgIpc) is 2.59. The van der Waals surface area contributed by atoms with Gasteiger partial charge in [-0.05, 0) is 29.8 Å². The second-order valence-corrected chi connectivity index (χ2v) is 4.87. The molecule has 4 heteroatoms. The predicted molar refractivity (Wildman–Crippen MR) is 85.9 cm³/mol. The van der Waals surface area contributed by atoms with Gasteiger partial charge in [-0.3, -0.25) is 9.78 Å². The predicted octanol–water partition coefficient (Wildman–Crippen LogP) is 3.17. The van der Waals surface area contributed by atoms with Gasteiger partial charge in [0.15, 0.2) is 0 Å². The molecule has 0 atom stereocenters. The van der Waals surface area contributed by atoms with Crippen molar-refractivity contribution in [2.45, 2.75) is 6.54 Å². The van der Waals surface area contributed by atoms with E-state index in [1.807, 2.05) is 42.5 Å². The number of hydrogen-bond donors (Lipinski definition) is 1. The number of methoxy groups -OCH3 is 1. The molecule has 0 unspecified atom stereocenters. The lowest BCUT2D eigenvalue weighted by Gasteiger charge is -2.10. The summed E-state index contributed by atoms with van der Waals surface area (Å²) in [6.07, 6.45) is 1.76. The van der Waals surface area contributed by atoms with Gasteiger partial charge in [0.25, 0.3) is 5.91 Å². The average molecular weight is 292 g/mol. The van der Waals surface area contributed by atoms with E-state index in [-0.39, 0.29) is 5.91 Å². The summed E-state index contributed by atoms with van der Waals surface area (Å²) in [6, 6.07) is 17.0. The summed E-state index contributed by atoms with van der Waals surface area (Å²) in [7, 11) is 1.56. The van der Waals surface area contributed by atoms with Gasteiger partial charge in [0, 0.05) is 18.1 Å². The van der Waals surface area contributed by atoms with Crippen molar-refractivity contribution < 1.29 is 9.53 Å². The van der Waals surface area contributed by atoms with Crippen LogP contribution < -0.4 is 10.1 Å². The molecule has 0 aliphatic heterocycles. The van der Waals surface area contributed by atoms with Gasteiger partial charge < -0.3 is 10.1 Å². The first kappa shape index (κ1) is 14.1. The van der Waals surface area contributed by atoms with Gasteiger partial charge in [-0.2, -0.15) is 0 Å². The van der Waals surface area contributed by atoms with E-state index in [4.69, 9.17) is 4.74 Å². The van der Waals surface area contributed by atoms with E-state index >= 15 is 0 Å². The third-order valence-electron chi connectivity index (χ3n) is 3.53. The number of benzene rings is 2. The van der Waals surface area contributed by atoms with Crippen LogP contribution >= 0.6 is 0 Å². The summed E-state index contributed by atoms with van der Waals surface area (Å²) in [6.45, 7) is 0.444. The Labute approximate surface area is 128 Å². The van der Waals surface area contributed by atoms with E-state index in [1.54, 1.807) is 25.4 Å². The van der Waals surface area contributed by atoms with E-state index in [2.05, 4.69) is 10.3 Å². The van der Waals surface area contributed by atoms with Gasteiger partial charge in [-0.1, -0.05) is 30.3 Å². The lowest BCUT2D eigenvalue weighted by atomic mass is 10.1. The van der Waals surface area contributed by atoms with E-state index in [9.17, 15) is 4.79 Å². The molecule has 1 aromatic heterocycles. The maximum absolute atomic E-state index is 12.3. The van der Waals surface area contributed by atoms with Gasteiger partial charge in [0.1, 0.15) is 5.75 Å². The van der Waals surface area contributed by atoms with Crippen LogP contribution in [0, 0.1) is 0 Å². The standard InChI is InChI=1S/C18H16N2O2/c1-22-17-9-5-3-7-15(17)18(21)20-12-13-10-11-19-16-8-4-2-6-14(13)16/h2-11H,12H2,1H3,(H,20,21). The molecule has 0 spiro atoms. The third-order valence-corrected chi connectivity index (χ3v) is 3.53. The fourth-order valence-corrected chi connectivity index (χ4v) is 2.41. The molecule has 0 fully saturated rings. The van der Waals surface area contributed by atoms with E-state index < -0.39 is 0 Å². The zero-order valence-corrected chi connectivity index (χ0v) is 12.2. The number of aromatic nitrogens is 1. The normalized spacial score (nSPS) is 10.4. The monoisotopic (exact) mass is 292 g/mol. The summed E-state index contributed by atoms with van der Waals surface area (Å²) in [5.41, 5.74) is 2.49. The fraction of sp³-hybridized carbons (Fsp3) is 0.111. The maximum atomic E-state index is 12.3. The highest BCUT2D eigenvalue weighted by Gasteiger charge is 2.11. The van der Waals surface area contributed by atoms with E-state index in [0.717, 1.165) is 16.5 Å². The number of pyridine rings is 1. The summed E-state index contributed by atoms with van der Waals surface area (Å²) >= 11 is 0. The van der Waals surface area contributed by atoms with Crippen molar-refractivity contribution in [2.75, 3.05) is 7.11 Å². The second kappa shape index (κ2) is 6.26. The number of ether oxygens (including phenoxy) is 1. The lowest BCUT2D eigenvalue weighted by molar-refractivity contribution is 0.0948. The first-order valence-corrected chi connectivity index (χ1v) is 7.03. The summed E-state index contributed by atoms with van der Waals surface area (Å²) in [5, 5.41) is 3.98. The second-order valence-electron chi connectivity index (χ2n) is 4.87. The van der Waals surface area contributed by atoms with Crippen LogP contribution in [0.4, 0.5) is 0 Å². The first-order valence-electron chi connectivity index (χ1n) is 7.03. The lowest BCUT2D eigenvalue weighted by Crippen LogP contribution is -2.23. The molecule has 0 saturated carbocycles. The topological polar surface area (TPSA) is 51.2 Å². The molecule has 1 N–H and O–H groups in total. The van der Waals surface area contributed by atoms with E-state index in [1.165, 1.54) is 0 Å². The Morgan fingerprint density at radius 2 is 1.86 bits per heavy atom. The Hall–Kier alpha value is -2.88. The minimum atomic E-state index is -0.154. The number of hydrogen-bond acceptors (Lipinski definition) is 3. The van der Waals surface area contributed by atoms with Gasteiger partial charge >= 0.3 is 0 Å². The number of rotatable bonds is 4. The Morgan fingerprint density at radius 3 is 2.73 bits per heavy atom. The van der Waals surface area contributed by atoms with Gasteiger partial charge in [-0.15, -0.1) is 0 Å². The van der Waals surface area contributed by atoms with Gasteiger partial charge in [0.2, 0.25) is 0 Å². The first-order chi connectivity index (χ1) is 10.8.